The quantitative estimate of drug-likeness (QED) is 0.676. The van der Waals surface area contributed by atoms with E-state index in [0.29, 0.717) is 0 Å². The molecule has 16 heavy (non-hydrogen) atoms. The van der Waals surface area contributed by atoms with Crippen LogP contribution in [0.1, 0.15) is 59.3 Å². The van der Waals surface area contributed by atoms with Crippen molar-refractivity contribution >= 4 is 0 Å². The molecule has 0 spiro atoms. The molecule has 1 rings (SSSR count). The third-order valence-corrected chi connectivity index (χ3v) is 4.39. The summed E-state index contributed by atoms with van der Waals surface area (Å²) in [7, 11) is 0. The summed E-state index contributed by atoms with van der Waals surface area (Å²) >= 11 is 0. The van der Waals surface area contributed by atoms with Gasteiger partial charge in [0.15, 0.2) is 0 Å². The molecular weight excluding hydrogens is 196 g/mol. The first-order valence-electron chi connectivity index (χ1n) is 7.11. The van der Waals surface area contributed by atoms with Crippen molar-refractivity contribution in [3.8, 4) is 0 Å². The molecule has 0 aliphatic carbocycles. The van der Waals surface area contributed by atoms with Crippen LogP contribution in [-0.4, -0.2) is 30.1 Å². The van der Waals surface area contributed by atoms with E-state index in [1.165, 1.54) is 51.6 Å². The van der Waals surface area contributed by atoms with Crippen LogP contribution in [0.15, 0.2) is 0 Å². The summed E-state index contributed by atoms with van der Waals surface area (Å²) < 4.78 is 0. The first-order valence-corrected chi connectivity index (χ1v) is 7.11. The monoisotopic (exact) mass is 226 g/mol. The Hall–Kier alpha value is -0.0800. The van der Waals surface area contributed by atoms with Crippen LogP contribution in [-0.2, 0) is 0 Å². The summed E-state index contributed by atoms with van der Waals surface area (Å²) in [6, 6.07) is 0. The smallest absolute Gasteiger partial charge is 0.0303 e. The zero-order chi connectivity index (χ0) is 12.0. The lowest BCUT2D eigenvalue weighted by Gasteiger charge is -2.38. The predicted octanol–water partition coefficient (Wildman–Crippen LogP) is 3.02. The maximum Gasteiger partial charge on any atom is 0.0303 e. The van der Waals surface area contributed by atoms with Crippen LogP contribution < -0.4 is 5.73 Å². The minimum Gasteiger partial charge on any atom is -0.329 e. The van der Waals surface area contributed by atoms with E-state index in [2.05, 4.69) is 25.7 Å². The van der Waals surface area contributed by atoms with Gasteiger partial charge >= 0.3 is 0 Å². The number of hydrogen-bond acceptors (Lipinski definition) is 2. The third kappa shape index (κ3) is 3.46. The molecule has 2 atom stereocenters. The van der Waals surface area contributed by atoms with Gasteiger partial charge < -0.3 is 5.73 Å². The molecule has 1 heterocycles. The van der Waals surface area contributed by atoms with Crippen molar-refractivity contribution in [2.75, 3.05) is 19.6 Å². The number of unbranched alkanes of at least 4 members (excludes halogenated alkanes) is 2. The van der Waals surface area contributed by atoms with Gasteiger partial charge in [-0.2, -0.15) is 0 Å². The second-order valence-corrected chi connectivity index (χ2v) is 5.67. The number of nitrogens with two attached hydrogens (primary N) is 1. The average molecular weight is 226 g/mol. The lowest BCUT2D eigenvalue weighted by molar-refractivity contribution is 0.123. The van der Waals surface area contributed by atoms with Gasteiger partial charge in [-0.1, -0.05) is 39.5 Å². The Morgan fingerprint density at radius 3 is 2.56 bits per heavy atom. The van der Waals surface area contributed by atoms with Gasteiger partial charge in [-0.25, -0.2) is 0 Å². The molecule has 2 heteroatoms. The first kappa shape index (κ1) is 14.0. The molecule has 2 N–H and O–H groups in total. The topological polar surface area (TPSA) is 29.3 Å². The van der Waals surface area contributed by atoms with E-state index in [-0.39, 0.29) is 5.54 Å². The fourth-order valence-electron chi connectivity index (χ4n) is 2.80. The molecular formula is C14H30N2. The van der Waals surface area contributed by atoms with Crippen LogP contribution >= 0.6 is 0 Å². The van der Waals surface area contributed by atoms with Gasteiger partial charge in [0.2, 0.25) is 0 Å². The van der Waals surface area contributed by atoms with E-state index in [1.807, 2.05) is 0 Å². The molecule has 2 unspecified atom stereocenters. The largest absolute Gasteiger partial charge is 0.329 e. The summed E-state index contributed by atoms with van der Waals surface area (Å²) in [5.74, 6) is 0.914. The van der Waals surface area contributed by atoms with Gasteiger partial charge in [0, 0.05) is 18.6 Å². The van der Waals surface area contributed by atoms with Gasteiger partial charge in [0.1, 0.15) is 0 Å². The van der Waals surface area contributed by atoms with Crippen molar-refractivity contribution in [2.45, 2.75) is 64.8 Å². The van der Waals surface area contributed by atoms with Crippen LogP contribution in [0.2, 0.25) is 0 Å². The molecule has 0 bridgehead atoms. The second kappa shape index (κ2) is 6.61. The summed E-state index contributed by atoms with van der Waals surface area (Å²) in [5.41, 5.74) is 6.28. The molecule has 0 aromatic rings. The van der Waals surface area contributed by atoms with E-state index in [9.17, 15) is 0 Å². The highest BCUT2D eigenvalue weighted by atomic mass is 15.2. The maximum absolute atomic E-state index is 6.01. The normalized spacial score (nSPS) is 25.9. The summed E-state index contributed by atoms with van der Waals surface area (Å²) in [4.78, 5) is 2.65. The zero-order valence-electron chi connectivity index (χ0n) is 11.5. The Balaban J connectivity index is 2.45. The minimum absolute atomic E-state index is 0.263. The molecule has 1 fully saturated rings. The van der Waals surface area contributed by atoms with Crippen molar-refractivity contribution in [2.24, 2.45) is 11.7 Å². The molecule has 2 nitrogen and oxygen atoms in total. The lowest BCUT2D eigenvalue weighted by atomic mass is 9.92. The van der Waals surface area contributed by atoms with Crippen LogP contribution in [0.5, 0.6) is 0 Å². The SMILES string of the molecule is CCCCCC(C)(CN)N1CCC(CC)C1. The Kier molecular flexibility index (Phi) is 5.77. The summed E-state index contributed by atoms with van der Waals surface area (Å²) in [6.07, 6.45) is 7.95. The highest BCUT2D eigenvalue weighted by Crippen LogP contribution is 2.29. The molecule has 1 aliphatic heterocycles. The van der Waals surface area contributed by atoms with Crippen molar-refractivity contribution in [3.63, 3.8) is 0 Å². The van der Waals surface area contributed by atoms with E-state index in [1.54, 1.807) is 0 Å². The number of likely N-dealkylation sites (tertiary alicyclic amines) is 1. The molecule has 0 radical (unpaired) electrons. The van der Waals surface area contributed by atoms with Gasteiger partial charge in [0.05, 0.1) is 0 Å². The molecule has 0 aromatic carbocycles. The van der Waals surface area contributed by atoms with Gasteiger partial charge in [-0.15, -0.1) is 0 Å². The van der Waals surface area contributed by atoms with Gasteiger partial charge in [-0.3, -0.25) is 4.90 Å². The first-order chi connectivity index (χ1) is 7.66. The minimum atomic E-state index is 0.263. The Labute approximate surface area is 102 Å². The highest BCUT2D eigenvalue weighted by Gasteiger charge is 2.34. The summed E-state index contributed by atoms with van der Waals surface area (Å²) in [5, 5.41) is 0. The van der Waals surface area contributed by atoms with E-state index < -0.39 is 0 Å². The fraction of sp³-hybridized carbons (Fsp3) is 1.00. The molecule has 0 amide bonds. The second-order valence-electron chi connectivity index (χ2n) is 5.67. The van der Waals surface area contributed by atoms with E-state index in [4.69, 9.17) is 5.73 Å². The van der Waals surface area contributed by atoms with Gasteiger partial charge in [-0.05, 0) is 32.2 Å². The highest BCUT2D eigenvalue weighted by molar-refractivity contribution is 4.91. The molecule has 1 saturated heterocycles. The standard InChI is InChI=1S/C14H30N2/c1-4-6-7-9-14(3,12-15)16-10-8-13(5-2)11-16/h13H,4-12,15H2,1-3H3. The van der Waals surface area contributed by atoms with Crippen LogP contribution in [0.25, 0.3) is 0 Å². The van der Waals surface area contributed by atoms with E-state index >= 15 is 0 Å². The van der Waals surface area contributed by atoms with Crippen LogP contribution in [0.3, 0.4) is 0 Å². The molecule has 96 valence electrons. The molecule has 1 aliphatic rings. The number of rotatable bonds is 7. The van der Waals surface area contributed by atoms with E-state index in [0.717, 1.165) is 12.5 Å². The Bertz CT molecular complexity index is 193. The molecule has 0 aromatic heterocycles. The average Bonchev–Trinajstić information content (AvgIpc) is 2.78. The summed E-state index contributed by atoms with van der Waals surface area (Å²) in [6.45, 7) is 10.3. The van der Waals surface area contributed by atoms with Crippen LogP contribution in [0, 0.1) is 5.92 Å². The number of hydrogen-bond donors (Lipinski definition) is 1. The van der Waals surface area contributed by atoms with Crippen molar-refractivity contribution < 1.29 is 0 Å². The van der Waals surface area contributed by atoms with Crippen LogP contribution in [0.4, 0.5) is 0 Å². The maximum atomic E-state index is 6.01. The number of nitrogens with zero attached hydrogens (tertiary/aromatic N) is 1. The lowest BCUT2D eigenvalue weighted by Crippen LogP contribution is -2.50. The van der Waals surface area contributed by atoms with Gasteiger partial charge in [0.25, 0.3) is 0 Å². The predicted molar refractivity (Wildman–Crippen MR) is 71.6 cm³/mol. The van der Waals surface area contributed by atoms with Crippen molar-refractivity contribution in [1.82, 2.24) is 4.90 Å². The Morgan fingerprint density at radius 2 is 2.06 bits per heavy atom. The Morgan fingerprint density at radius 1 is 1.31 bits per heavy atom. The fourth-order valence-corrected chi connectivity index (χ4v) is 2.80. The third-order valence-electron chi connectivity index (χ3n) is 4.39. The zero-order valence-corrected chi connectivity index (χ0v) is 11.5. The van der Waals surface area contributed by atoms with Crippen molar-refractivity contribution in [1.29, 1.82) is 0 Å². The molecule has 0 saturated carbocycles. The van der Waals surface area contributed by atoms with Crippen molar-refractivity contribution in [3.05, 3.63) is 0 Å².